The maximum Gasteiger partial charge on any atom is 0.186 e. The fraction of sp³-hybridized carbons (Fsp3) is 0.292. The predicted molar refractivity (Wildman–Crippen MR) is 118 cm³/mol. The van der Waals surface area contributed by atoms with Crippen LogP contribution < -0.4 is 4.74 Å². The molecule has 2 aromatic carbocycles. The molecule has 2 heterocycles. The molecule has 150 valence electrons. The minimum absolute atomic E-state index is 0.0735. The van der Waals surface area contributed by atoms with Crippen LogP contribution in [0.3, 0.4) is 0 Å². The van der Waals surface area contributed by atoms with E-state index in [2.05, 4.69) is 28.1 Å². The smallest absolute Gasteiger partial charge is 0.186 e. The summed E-state index contributed by atoms with van der Waals surface area (Å²) in [6.07, 6.45) is 2.92. The number of hydrogen-bond donors (Lipinski definition) is 1. The van der Waals surface area contributed by atoms with Crippen LogP contribution in [0.15, 0.2) is 60.2 Å². The summed E-state index contributed by atoms with van der Waals surface area (Å²) >= 11 is 6.08. The number of nitrogens with one attached hydrogen (secondary N) is 1. The van der Waals surface area contributed by atoms with Crippen molar-refractivity contribution in [2.75, 3.05) is 20.2 Å². The van der Waals surface area contributed by atoms with Crippen molar-refractivity contribution < 1.29 is 9.53 Å². The van der Waals surface area contributed by atoms with E-state index in [1.165, 1.54) is 11.1 Å². The van der Waals surface area contributed by atoms with E-state index in [0.717, 1.165) is 42.7 Å². The number of aromatic amines is 1. The number of carbonyl (C=O) groups is 1. The third kappa shape index (κ3) is 4.24. The van der Waals surface area contributed by atoms with E-state index in [4.69, 9.17) is 16.3 Å². The number of piperidine rings is 1. The molecule has 1 aliphatic rings. The average Bonchev–Trinajstić information content (AvgIpc) is 3.17. The molecule has 1 saturated heterocycles. The molecule has 1 atom stereocenters. The standard InChI is InChI=1S/C24H25ClN2O2/c1-3-17-15-27(14-16-4-7-20(29-2)8-5-16)11-10-21(17)24(28)23-13-18-12-19(25)6-9-22(18)26-23/h3-9,12-13,21,26H,10-11,14-15H2,1-2H3/b17-3-/t21-/m1/s1. The number of Topliss-reactive ketones (excluding diaryl/α,β-unsaturated/α-hetero) is 1. The normalized spacial score (nSPS) is 19.0. The first-order valence-electron chi connectivity index (χ1n) is 9.90. The number of likely N-dealkylation sites (tertiary alicyclic amines) is 1. The molecule has 0 spiro atoms. The molecule has 29 heavy (non-hydrogen) atoms. The Morgan fingerprint density at radius 3 is 2.76 bits per heavy atom. The third-order valence-electron chi connectivity index (χ3n) is 5.69. The van der Waals surface area contributed by atoms with Crippen molar-refractivity contribution in [1.82, 2.24) is 9.88 Å². The monoisotopic (exact) mass is 408 g/mol. The number of H-pyrrole nitrogens is 1. The van der Waals surface area contributed by atoms with E-state index in [1.54, 1.807) is 7.11 Å². The minimum Gasteiger partial charge on any atom is -0.497 e. The maximum absolute atomic E-state index is 13.2. The van der Waals surface area contributed by atoms with E-state index in [0.29, 0.717) is 10.7 Å². The Bertz CT molecular complexity index is 1050. The number of carbonyl (C=O) groups excluding carboxylic acids is 1. The molecule has 1 N–H and O–H groups in total. The van der Waals surface area contributed by atoms with Gasteiger partial charge in [-0.15, -0.1) is 0 Å². The zero-order chi connectivity index (χ0) is 20.4. The second-order valence-corrected chi connectivity index (χ2v) is 7.98. The van der Waals surface area contributed by atoms with Gasteiger partial charge in [-0.05, 0) is 67.4 Å². The SMILES string of the molecule is C/C=C1/CN(Cc2ccc(OC)cc2)CC[C@H]1C(=O)c1cc2cc(Cl)ccc2[nH]1. The number of hydrogen-bond acceptors (Lipinski definition) is 3. The van der Waals surface area contributed by atoms with Gasteiger partial charge in [-0.2, -0.15) is 0 Å². The lowest BCUT2D eigenvalue weighted by atomic mass is 9.86. The summed E-state index contributed by atoms with van der Waals surface area (Å²) < 4.78 is 5.23. The number of fused-ring (bicyclic) bond motifs is 1. The molecule has 0 radical (unpaired) electrons. The fourth-order valence-corrected chi connectivity index (χ4v) is 4.27. The first-order valence-corrected chi connectivity index (χ1v) is 10.3. The van der Waals surface area contributed by atoms with Gasteiger partial charge in [0, 0.05) is 34.9 Å². The van der Waals surface area contributed by atoms with Crippen molar-refractivity contribution in [3.8, 4) is 5.75 Å². The molecule has 0 saturated carbocycles. The summed E-state index contributed by atoms with van der Waals surface area (Å²) in [5, 5.41) is 1.65. The summed E-state index contributed by atoms with van der Waals surface area (Å²) in [6.45, 7) is 4.60. The largest absolute Gasteiger partial charge is 0.497 e. The van der Waals surface area contributed by atoms with Gasteiger partial charge in [-0.3, -0.25) is 9.69 Å². The van der Waals surface area contributed by atoms with Gasteiger partial charge in [-0.1, -0.05) is 29.8 Å². The summed E-state index contributed by atoms with van der Waals surface area (Å²) in [7, 11) is 1.68. The molecular weight excluding hydrogens is 384 g/mol. The number of methoxy groups -OCH3 is 1. The van der Waals surface area contributed by atoms with Crippen molar-refractivity contribution in [3.63, 3.8) is 0 Å². The molecule has 1 fully saturated rings. The molecule has 1 aromatic heterocycles. The lowest BCUT2D eigenvalue weighted by molar-refractivity contribution is 0.0893. The van der Waals surface area contributed by atoms with Crippen LogP contribution in [-0.2, 0) is 6.54 Å². The summed E-state index contributed by atoms with van der Waals surface area (Å²) in [5.74, 6) is 0.956. The molecule has 0 aliphatic carbocycles. The molecular formula is C24H25ClN2O2. The van der Waals surface area contributed by atoms with Crippen molar-refractivity contribution in [1.29, 1.82) is 0 Å². The van der Waals surface area contributed by atoms with Crippen LogP contribution in [0.5, 0.6) is 5.75 Å². The molecule has 1 aliphatic heterocycles. The van der Waals surface area contributed by atoms with Gasteiger partial charge in [0.2, 0.25) is 0 Å². The van der Waals surface area contributed by atoms with E-state index in [9.17, 15) is 4.79 Å². The highest BCUT2D eigenvalue weighted by atomic mass is 35.5. The zero-order valence-electron chi connectivity index (χ0n) is 16.7. The summed E-state index contributed by atoms with van der Waals surface area (Å²) in [6, 6.07) is 15.7. The molecule has 0 amide bonds. The quantitative estimate of drug-likeness (QED) is 0.449. The molecule has 4 nitrogen and oxygen atoms in total. The van der Waals surface area contributed by atoms with E-state index >= 15 is 0 Å². The Morgan fingerprint density at radius 1 is 1.24 bits per heavy atom. The highest BCUT2D eigenvalue weighted by Gasteiger charge is 2.30. The Hall–Kier alpha value is -2.56. The van der Waals surface area contributed by atoms with Gasteiger partial charge in [0.15, 0.2) is 5.78 Å². The number of nitrogens with zero attached hydrogens (tertiary/aromatic N) is 1. The van der Waals surface area contributed by atoms with Crippen LogP contribution in [0.25, 0.3) is 10.9 Å². The van der Waals surface area contributed by atoms with Crippen molar-refractivity contribution >= 4 is 28.3 Å². The van der Waals surface area contributed by atoms with Gasteiger partial charge >= 0.3 is 0 Å². The topological polar surface area (TPSA) is 45.3 Å². The first kappa shape index (κ1) is 19.7. The highest BCUT2D eigenvalue weighted by Crippen LogP contribution is 2.29. The van der Waals surface area contributed by atoms with Gasteiger partial charge < -0.3 is 9.72 Å². The van der Waals surface area contributed by atoms with Crippen LogP contribution in [-0.4, -0.2) is 35.9 Å². The summed E-state index contributed by atoms with van der Waals surface area (Å²) in [4.78, 5) is 18.9. The second kappa shape index (κ2) is 8.44. The lowest BCUT2D eigenvalue weighted by Gasteiger charge is -2.33. The Balaban J connectivity index is 1.47. The number of aromatic nitrogens is 1. The van der Waals surface area contributed by atoms with E-state index < -0.39 is 0 Å². The van der Waals surface area contributed by atoms with Crippen LogP contribution in [0, 0.1) is 5.92 Å². The molecule has 0 unspecified atom stereocenters. The summed E-state index contributed by atoms with van der Waals surface area (Å²) in [5.41, 5.74) is 4.04. The maximum atomic E-state index is 13.2. The highest BCUT2D eigenvalue weighted by molar-refractivity contribution is 6.31. The van der Waals surface area contributed by atoms with Gasteiger partial charge in [0.25, 0.3) is 0 Å². The number of allylic oxidation sites excluding steroid dienone is 1. The zero-order valence-corrected chi connectivity index (χ0v) is 17.5. The Labute approximate surface area is 176 Å². The van der Waals surface area contributed by atoms with Gasteiger partial charge in [-0.25, -0.2) is 0 Å². The number of benzene rings is 2. The van der Waals surface area contributed by atoms with Gasteiger partial charge in [0.05, 0.1) is 12.8 Å². The second-order valence-electron chi connectivity index (χ2n) is 7.54. The first-order chi connectivity index (χ1) is 14.1. The number of rotatable bonds is 5. The molecule has 3 aromatic rings. The fourth-order valence-electron chi connectivity index (χ4n) is 4.08. The van der Waals surface area contributed by atoms with E-state index in [1.807, 2.05) is 43.3 Å². The molecule has 5 heteroatoms. The van der Waals surface area contributed by atoms with Crippen LogP contribution in [0.2, 0.25) is 5.02 Å². The number of ketones is 1. The Morgan fingerprint density at radius 2 is 2.03 bits per heavy atom. The van der Waals surface area contributed by atoms with Crippen LogP contribution in [0.1, 0.15) is 29.4 Å². The van der Waals surface area contributed by atoms with Crippen molar-refractivity contribution in [3.05, 3.63) is 76.5 Å². The molecule has 0 bridgehead atoms. The molecule has 4 rings (SSSR count). The number of halogens is 1. The van der Waals surface area contributed by atoms with Crippen LogP contribution in [0.4, 0.5) is 0 Å². The van der Waals surface area contributed by atoms with Crippen molar-refractivity contribution in [2.45, 2.75) is 19.9 Å². The third-order valence-corrected chi connectivity index (χ3v) is 5.92. The van der Waals surface area contributed by atoms with Crippen LogP contribution >= 0.6 is 11.6 Å². The Kier molecular flexibility index (Phi) is 5.74. The van der Waals surface area contributed by atoms with E-state index in [-0.39, 0.29) is 11.7 Å². The minimum atomic E-state index is -0.0735. The van der Waals surface area contributed by atoms with Crippen molar-refractivity contribution in [2.24, 2.45) is 5.92 Å². The predicted octanol–water partition coefficient (Wildman–Crippen LogP) is 5.48. The number of ether oxygens (including phenoxy) is 1. The van der Waals surface area contributed by atoms with Gasteiger partial charge in [0.1, 0.15) is 5.75 Å². The average molecular weight is 409 g/mol. The lowest BCUT2D eigenvalue weighted by Crippen LogP contribution is -2.38.